The van der Waals surface area contributed by atoms with Crippen LogP contribution in [0.4, 0.5) is 17.1 Å². The van der Waals surface area contributed by atoms with Crippen molar-refractivity contribution in [1.82, 2.24) is 0 Å². The number of nitrogens with one attached hydrogen (secondary N) is 2. The summed E-state index contributed by atoms with van der Waals surface area (Å²) in [7, 11) is 1.40. The minimum absolute atomic E-state index is 0.0186. The first-order valence-electron chi connectivity index (χ1n) is 10.4. The largest absolute Gasteiger partial charge is 0.493 e. The van der Waals surface area contributed by atoms with Crippen molar-refractivity contribution in [3.05, 3.63) is 81.4 Å². The highest BCUT2D eigenvalue weighted by atomic mass is 35.5. The number of hydrogen-bond donors (Lipinski definition) is 2. The molecule has 3 aromatic carbocycles. The highest BCUT2D eigenvalue weighted by molar-refractivity contribution is 6.30. The summed E-state index contributed by atoms with van der Waals surface area (Å²) in [5, 5.41) is 17.1. The molecule has 0 unspecified atom stereocenters. The molecule has 10 heteroatoms. The maximum absolute atomic E-state index is 12.8. The summed E-state index contributed by atoms with van der Waals surface area (Å²) in [6, 6.07) is 15.4. The zero-order chi connectivity index (χ0) is 24.2. The van der Waals surface area contributed by atoms with E-state index in [9.17, 15) is 19.7 Å². The van der Waals surface area contributed by atoms with Crippen LogP contribution in [0.1, 0.15) is 23.2 Å². The van der Waals surface area contributed by atoms with E-state index >= 15 is 0 Å². The van der Waals surface area contributed by atoms with Crippen LogP contribution in [0.2, 0.25) is 5.02 Å². The molecule has 1 aliphatic carbocycles. The van der Waals surface area contributed by atoms with E-state index < -0.39 is 10.8 Å². The fourth-order valence-corrected chi connectivity index (χ4v) is 3.37. The minimum atomic E-state index is -0.600. The Hall–Kier alpha value is -4.11. The topological polar surface area (TPSA) is 120 Å². The number of nitro benzene ring substituents is 1. The van der Waals surface area contributed by atoms with Crippen LogP contribution in [0.25, 0.3) is 0 Å². The summed E-state index contributed by atoms with van der Waals surface area (Å²) in [5.41, 5.74) is 1.09. The molecule has 1 fully saturated rings. The Morgan fingerprint density at radius 1 is 0.971 bits per heavy atom. The van der Waals surface area contributed by atoms with Crippen LogP contribution in [-0.4, -0.2) is 23.8 Å². The van der Waals surface area contributed by atoms with Crippen LogP contribution in [0.5, 0.6) is 17.2 Å². The van der Waals surface area contributed by atoms with E-state index in [0.29, 0.717) is 11.4 Å². The molecule has 174 valence electrons. The number of amides is 2. The second kappa shape index (κ2) is 9.80. The predicted molar refractivity (Wildman–Crippen MR) is 127 cm³/mol. The molecule has 2 amide bonds. The monoisotopic (exact) mass is 481 g/mol. The molecule has 9 nitrogen and oxygen atoms in total. The lowest BCUT2D eigenvalue weighted by Crippen LogP contribution is -2.15. The molecule has 0 atom stereocenters. The van der Waals surface area contributed by atoms with Gasteiger partial charge >= 0.3 is 5.69 Å². The van der Waals surface area contributed by atoms with Gasteiger partial charge in [-0.15, -0.1) is 0 Å². The van der Waals surface area contributed by atoms with Crippen molar-refractivity contribution in [2.45, 2.75) is 12.8 Å². The highest BCUT2D eigenvalue weighted by Crippen LogP contribution is 2.38. The number of nitrogens with zero attached hydrogens (tertiary/aromatic N) is 1. The van der Waals surface area contributed by atoms with Crippen molar-refractivity contribution >= 4 is 40.5 Å². The number of rotatable bonds is 8. The average molecular weight is 482 g/mol. The summed E-state index contributed by atoms with van der Waals surface area (Å²) in [5.74, 6) is 0.0186. The smallest absolute Gasteiger partial charge is 0.313 e. The van der Waals surface area contributed by atoms with Crippen LogP contribution in [0.15, 0.2) is 60.7 Å². The number of carbonyl (C=O) groups is 2. The predicted octanol–water partition coefficient (Wildman–Crippen LogP) is 5.65. The van der Waals surface area contributed by atoms with Gasteiger partial charge in [-0.1, -0.05) is 17.7 Å². The van der Waals surface area contributed by atoms with Crippen molar-refractivity contribution in [3.8, 4) is 17.2 Å². The normalized spacial score (nSPS) is 12.5. The first-order valence-corrected chi connectivity index (χ1v) is 10.7. The summed E-state index contributed by atoms with van der Waals surface area (Å²) < 4.78 is 11.0. The molecule has 4 rings (SSSR count). The maximum Gasteiger partial charge on any atom is 0.313 e. The van der Waals surface area contributed by atoms with Crippen molar-refractivity contribution in [3.63, 3.8) is 0 Å². The van der Waals surface area contributed by atoms with Gasteiger partial charge in [0.25, 0.3) is 5.91 Å². The van der Waals surface area contributed by atoms with Crippen LogP contribution in [0.3, 0.4) is 0 Å². The molecule has 0 heterocycles. The lowest BCUT2D eigenvalue weighted by Gasteiger charge is -2.13. The fraction of sp³-hybridized carbons (Fsp3) is 0.167. The number of carbonyl (C=O) groups excluding carboxylic acids is 2. The minimum Gasteiger partial charge on any atom is -0.493 e. The Morgan fingerprint density at radius 3 is 2.35 bits per heavy atom. The van der Waals surface area contributed by atoms with Gasteiger partial charge in [0.05, 0.1) is 12.0 Å². The average Bonchev–Trinajstić information content (AvgIpc) is 3.66. The van der Waals surface area contributed by atoms with Gasteiger partial charge in [0, 0.05) is 33.9 Å². The van der Waals surface area contributed by atoms with Gasteiger partial charge < -0.3 is 20.1 Å². The third-order valence-corrected chi connectivity index (χ3v) is 5.33. The van der Waals surface area contributed by atoms with E-state index in [2.05, 4.69) is 10.6 Å². The van der Waals surface area contributed by atoms with Gasteiger partial charge in [-0.3, -0.25) is 19.7 Å². The molecule has 0 bridgehead atoms. The molecule has 0 aliphatic heterocycles. The first kappa shape index (κ1) is 23.1. The summed E-state index contributed by atoms with van der Waals surface area (Å²) in [6.07, 6.45) is 1.80. The molecular weight excluding hydrogens is 462 g/mol. The van der Waals surface area contributed by atoms with Crippen molar-refractivity contribution < 1.29 is 24.0 Å². The van der Waals surface area contributed by atoms with Gasteiger partial charge in [-0.25, -0.2) is 0 Å². The van der Waals surface area contributed by atoms with Crippen molar-refractivity contribution in [2.75, 3.05) is 17.7 Å². The Balaban J connectivity index is 1.50. The van der Waals surface area contributed by atoms with Crippen LogP contribution >= 0.6 is 11.6 Å². The number of hydrogen-bond acceptors (Lipinski definition) is 6. The highest BCUT2D eigenvalue weighted by Gasteiger charge is 2.29. The third-order valence-electron chi connectivity index (χ3n) is 5.10. The molecular formula is C24H20ClN3O6. The molecule has 2 N–H and O–H groups in total. The molecule has 0 spiro atoms. The zero-order valence-corrected chi connectivity index (χ0v) is 18.8. The van der Waals surface area contributed by atoms with Crippen LogP contribution in [0, 0.1) is 16.0 Å². The SMILES string of the molecule is COc1cc(C(=O)Nc2cccc(NC(=O)C3CC3)c2)ccc1Oc1ccc(Cl)cc1[N+](=O)[O-]. The molecule has 0 radical (unpaired) electrons. The van der Waals surface area contributed by atoms with E-state index in [1.165, 1.54) is 43.5 Å². The molecule has 1 saturated carbocycles. The second-order valence-electron chi connectivity index (χ2n) is 7.64. The molecule has 0 saturated heterocycles. The molecule has 0 aromatic heterocycles. The quantitative estimate of drug-likeness (QED) is 0.317. The van der Waals surface area contributed by atoms with Gasteiger partial charge in [0.15, 0.2) is 11.5 Å². The first-order chi connectivity index (χ1) is 16.3. The van der Waals surface area contributed by atoms with Gasteiger partial charge in [-0.2, -0.15) is 0 Å². The number of halogens is 1. The second-order valence-corrected chi connectivity index (χ2v) is 8.07. The van der Waals surface area contributed by atoms with Gasteiger partial charge in [0.1, 0.15) is 0 Å². The number of ether oxygens (including phenoxy) is 2. The maximum atomic E-state index is 12.8. The Morgan fingerprint density at radius 2 is 1.68 bits per heavy atom. The fourth-order valence-electron chi connectivity index (χ4n) is 3.20. The van der Waals surface area contributed by atoms with Crippen molar-refractivity contribution in [1.29, 1.82) is 0 Å². The molecule has 34 heavy (non-hydrogen) atoms. The van der Waals surface area contributed by atoms with Gasteiger partial charge in [-0.05, 0) is 61.4 Å². The molecule has 3 aromatic rings. The molecule has 1 aliphatic rings. The zero-order valence-electron chi connectivity index (χ0n) is 18.0. The van der Waals surface area contributed by atoms with Crippen LogP contribution < -0.4 is 20.1 Å². The summed E-state index contributed by atoms with van der Waals surface area (Å²) in [4.78, 5) is 35.5. The van der Waals surface area contributed by atoms with Crippen LogP contribution in [-0.2, 0) is 4.79 Å². The summed E-state index contributed by atoms with van der Waals surface area (Å²) in [6.45, 7) is 0. The number of anilines is 2. The number of nitro groups is 1. The van der Waals surface area contributed by atoms with E-state index in [-0.39, 0.29) is 45.3 Å². The van der Waals surface area contributed by atoms with E-state index in [1.54, 1.807) is 24.3 Å². The number of methoxy groups -OCH3 is 1. The Labute approximate surface area is 199 Å². The Kier molecular flexibility index (Phi) is 6.65. The van der Waals surface area contributed by atoms with Crippen molar-refractivity contribution in [2.24, 2.45) is 5.92 Å². The van der Waals surface area contributed by atoms with E-state index in [1.807, 2.05) is 0 Å². The summed E-state index contributed by atoms with van der Waals surface area (Å²) >= 11 is 5.85. The van der Waals surface area contributed by atoms with E-state index in [4.69, 9.17) is 21.1 Å². The standard InChI is InChI=1S/C24H20ClN3O6/c1-33-22-11-15(7-9-21(22)34-20-10-8-16(25)12-19(20)28(31)32)24(30)27-18-4-2-3-17(13-18)26-23(29)14-5-6-14/h2-4,7-14H,5-6H2,1H3,(H,26,29)(H,27,30). The third kappa shape index (κ3) is 5.44. The lowest BCUT2D eigenvalue weighted by atomic mass is 10.1. The van der Waals surface area contributed by atoms with E-state index in [0.717, 1.165) is 12.8 Å². The number of benzene rings is 3. The Bertz CT molecular complexity index is 1280. The van der Waals surface area contributed by atoms with Gasteiger partial charge in [0.2, 0.25) is 11.7 Å². The lowest BCUT2D eigenvalue weighted by molar-refractivity contribution is -0.385.